The molecule has 0 atom stereocenters. The van der Waals surface area contributed by atoms with E-state index in [9.17, 15) is 0 Å². The maximum Gasteiger partial charge on any atom is 0.154 e. The Morgan fingerprint density at radius 2 is 1.88 bits per heavy atom. The second-order valence-corrected chi connectivity index (χ2v) is 8.08. The van der Waals surface area contributed by atoms with Crippen LogP contribution in [0.25, 0.3) is 11.2 Å². The van der Waals surface area contributed by atoms with E-state index in [4.69, 9.17) is 10.1 Å². The van der Waals surface area contributed by atoms with Crippen molar-refractivity contribution < 1.29 is 0 Å². The molecule has 0 bridgehead atoms. The average Bonchev–Trinajstić information content (AvgIpc) is 3.14. The van der Waals surface area contributed by atoms with Crippen molar-refractivity contribution in [3.05, 3.63) is 59.3 Å². The molecule has 0 amide bonds. The van der Waals surface area contributed by atoms with Gasteiger partial charge in [0.05, 0.1) is 28.8 Å². The van der Waals surface area contributed by atoms with Crippen molar-refractivity contribution in [3.8, 4) is 0 Å². The second-order valence-electron chi connectivity index (χ2n) is 8.08. The van der Waals surface area contributed by atoms with Crippen molar-refractivity contribution >= 4 is 11.2 Å². The quantitative estimate of drug-likeness (QED) is 0.565. The molecule has 26 heavy (non-hydrogen) atoms. The molecule has 0 saturated carbocycles. The van der Waals surface area contributed by atoms with E-state index in [1.54, 1.807) is 10.8 Å². The van der Waals surface area contributed by atoms with E-state index in [1.807, 2.05) is 22.8 Å². The summed E-state index contributed by atoms with van der Waals surface area (Å²) in [4.78, 5) is 4.82. The smallest absolute Gasteiger partial charge is 0.154 e. The maximum absolute atomic E-state index is 4.82. The molecule has 0 N–H and O–H groups in total. The topological polar surface area (TPSA) is 60.4 Å². The van der Waals surface area contributed by atoms with Gasteiger partial charge in [-0.05, 0) is 30.2 Å². The van der Waals surface area contributed by atoms with Gasteiger partial charge >= 0.3 is 0 Å². The first-order valence-electron chi connectivity index (χ1n) is 9.01. The van der Waals surface area contributed by atoms with E-state index < -0.39 is 0 Å². The number of imidazole rings is 1. The third-order valence-electron chi connectivity index (χ3n) is 4.62. The Morgan fingerprint density at radius 3 is 2.62 bits per heavy atom. The first-order chi connectivity index (χ1) is 12.3. The Kier molecular flexibility index (Phi) is 3.79. The highest BCUT2D eigenvalue weighted by atomic mass is 15.4. The van der Waals surface area contributed by atoms with Gasteiger partial charge in [-0.1, -0.05) is 34.6 Å². The maximum atomic E-state index is 4.82. The first kappa shape index (κ1) is 16.7. The largest absolute Gasteiger partial charge is 0.231 e. The third kappa shape index (κ3) is 2.75. The minimum absolute atomic E-state index is 0.0658. The molecule has 0 aromatic carbocycles. The van der Waals surface area contributed by atoms with Crippen LogP contribution < -0.4 is 0 Å². The van der Waals surface area contributed by atoms with Crippen LogP contribution >= 0.6 is 0 Å². The minimum atomic E-state index is -0.0658. The van der Waals surface area contributed by atoms with Gasteiger partial charge in [0.25, 0.3) is 0 Å². The van der Waals surface area contributed by atoms with E-state index in [2.05, 4.69) is 56.9 Å². The van der Waals surface area contributed by atoms with Gasteiger partial charge in [-0.25, -0.2) is 9.50 Å². The zero-order chi connectivity index (χ0) is 18.5. The van der Waals surface area contributed by atoms with Crippen molar-refractivity contribution in [2.75, 3.05) is 0 Å². The molecule has 0 aliphatic rings. The highest BCUT2D eigenvalue weighted by Gasteiger charge is 2.25. The van der Waals surface area contributed by atoms with Gasteiger partial charge in [0.15, 0.2) is 5.65 Å². The Labute approximate surface area is 152 Å². The lowest BCUT2D eigenvalue weighted by Gasteiger charge is -2.19. The summed E-state index contributed by atoms with van der Waals surface area (Å²) in [6.45, 7) is 10.9. The fourth-order valence-electron chi connectivity index (χ4n) is 3.45. The van der Waals surface area contributed by atoms with Crippen LogP contribution in [0.15, 0.2) is 36.7 Å². The zero-order valence-corrected chi connectivity index (χ0v) is 15.9. The number of nitrogens with zero attached hydrogens (tertiary/aromatic N) is 6. The molecule has 0 aliphatic heterocycles. The van der Waals surface area contributed by atoms with Crippen LogP contribution in [0.2, 0.25) is 0 Å². The van der Waals surface area contributed by atoms with Crippen LogP contribution in [0, 0.1) is 0 Å². The number of hydrogen-bond acceptors (Lipinski definition) is 4. The van der Waals surface area contributed by atoms with Crippen LogP contribution in [0.3, 0.4) is 0 Å². The SMILES string of the molecule is CC(C)c1cnn2nc(Cc3nc4cccnn4c3C(C)(C)C)ccc12. The van der Waals surface area contributed by atoms with Crippen molar-refractivity contribution in [1.29, 1.82) is 0 Å². The summed E-state index contributed by atoms with van der Waals surface area (Å²) in [6, 6.07) is 8.09. The van der Waals surface area contributed by atoms with E-state index >= 15 is 0 Å². The van der Waals surface area contributed by atoms with Crippen LogP contribution in [0.4, 0.5) is 0 Å². The van der Waals surface area contributed by atoms with Gasteiger partial charge in [0.1, 0.15) is 0 Å². The molecule has 0 spiro atoms. The van der Waals surface area contributed by atoms with E-state index in [-0.39, 0.29) is 5.41 Å². The summed E-state index contributed by atoms with van der Waals surface area (Å²) in [5.41, 5.74) is 6.17. The minimum Gasteiger partial charge on any atom is -0.231 e. The molecule has 0 saturated heterocycles. The standard InChI is InChI=1S/C20H24N6/c1-13(2)15-12-22-26-17(15)9-8-14(24-26)11-16-19(20(3,4)5)25-18(23-16)7-6-10-21-25/h6-10,12-13H,11H2,1-5H3. The summed E-state index contributed by atoms with van der Waals surface area (Å²) in [6.07, 6.45) is 4.37. The monoisotopic (exact) mass is 348 g/mol. The molecule has 6 heteroatoms. The molecule has 134 valence electrons. The molecule has 4 aromatic heterocycles. The number of fused-ring (bicyclic) bond motifs is 2. The predicted octanol–water partition coefficient (Wildman–Crippen LogP) is 3.78. The Bertz CT molecular complexity index is 1080. The lowest BCUT2D eigenvalue weighted by atomic mass is 9.89. The molecule has 0 unspecified atom stereocenters. The molecular weight excluding hydrogens is 324 g/mol. The molecule has 0 radical (unpaired) electrons. The predicted molar refractivity (Wildman–Crippen MR) is 102 cm³/mol. The van der Waals surface area contributed by atoms with Gasteiger partial charge in [0.2, 0.25) is 0 Å². The summed E-state index contributed by atoms with van der Waals surface area (Å²) in [5, 5.41) is 13.6. The lowest BCUT2D eigenvalue weighted by molar-refractivity contribution is 0.544. The molecular formula is C20H24N6. The van der Waals surface area contributed by atoms with Crippen molar-refractivity contribution in [2.45, 2.75) is 52.4 Å². The Balaban J connectivity index is 1.79. The molecule has 0 aliphatic carbocycles. The van der Waals surface area contributed by atoms with Gasteiger partial charge in [-0.3, -0.25) is 0 Å². The molecule has 4 aromatic rings. The highest BCUT2D eigenvalue weighted by Crippen LogP contribution is 2.28. The van der Waals surface area contributed by atoms with Crippen LogP contribution in [0.5, 0.6) is 0 Å². The van der Waals surface area contributed by atoms with Crippen molar-refractivity contribution in [3.63, 3.8) is 0 Å². The van der Waals surface area contributed by atoms with E-state index in [0.29, 0.717) is 12.3 Å². The number of rotatable bonds is 3. The van der Waals surface area contributed by atoms with Crippen molar-refractivity contribution in [1.82, 2.24) is 29.4 Å². The molecule has 0 fully saturated rings. The van der Waals surface area contributed by atoms with Gasteiger partial charge in [-0.15, -0.1) is 0 Å². The van der Waals surface area contributed by atoms with Gasteiger partial charge < -0.3 is 0 Å². The van der Waals surface area contributed by atoms with Crippen LogP contribution in [-0.2, 0) is 11.8 Å². The normalized spacial score (nSPS) is 12.5. The average molecular weight is 348 g/mol. The molecule has 6 nitrogen and oxygen atoms in total. The van der Waals surface area contributed by atoms with Gasteiger partial charge in [-0.2, -0.15) is 19.9 Å². The fourth-order valence-corrected chi connectivity index (χ4v) is 3.45. The van der Waals surface area contributed by atoms with Crippen LogP contribution in [-0.4, -0.2) is 29.4 Å². The van der Waals surface area contributed by atoms with E-state index in [0.717, 1.165) is 28.2 Å². The Morgan fingerprint density at radius 1 is 1.08 bits per heavy atom. The number of aromatic nitrogens is 6. The zero-order valence-electron chi connectivity index (χ0n) is 15.9. The molecule has 4 rings (SSSR count). The number of hydrogen-bond donors (Lipinski definition) is 0. The van der Waals surface area contributed by atoms with Crippen molar-refractivity contribution in [2.24, 2.45) is 0 Å². The fraction of sp³-hybridized carbons (Fsp3) is 0.400. The Hall–Kier alpha value is -2.76. The molecule has 4 heterocycles. The van der Waals surface area contributed by atoms with Crippen LogP contribution in [0.1, 0.15) is 63.2 Å². The lowest BCUT2D eigenvalue weighted by Crippen LogP contribution is -2.18. The summed E-state index contributed by atoms with van der Waals surface area (Å²) < 4.78 is 3.67. The highest BCUT2D eigenvalue weighted by molar-refractivity contribution is 5.54. The first-order valence-corrected chi connectivity index (χ1v) is 9.01. The second kappa shape index (κ2) is 5.90. The summed E-state index contributed by atoms with van der Waals surface area (Å²) in [5.74, 6) is 0.428. The third-order valence-corrected chi connectivity index (χ3v) is 4.62. The van der Waals surface area contributed by atoms with E-state index in [1.165, 1.54) is 5.56 Å². The summed E-state index contributed by atoms with van der Waals surface area (Å²) >= 11 is 0. The van der Waals surface area contributed by atoms with Gasteiger partial charge in [0, 0.05) is 23.6 Å². The summed E-state index contributed by atoms with van der Waals surface area (Å²) in [7, 11) is 0.